The summed E-state index contributed by atoms with van der Waals surface area (Å²) in [5.74, 6) is -0.433. The molecule has 2 aromatic carbocycles. The highest BCUT2D eigenvalue weighted by Gasteiger charge is 2.14. The van der Waals surface area contributed by atoms with Gasteiger partial charge in [0.1, 0.15) is 0 Å². The molecule has 0 aliphatic heterocycles. The third kappa shape index (κ3) is 5.04. The zero-order chi connectivity index (χ0) is 19.3. The van der Waals surface area contributed by atoms with Gasteiger partial charge in [-0.2, -0.15) is 0 Å². The summed E-state index contributed by atoms with van der Waals surface area (Å²) in [5.41, 5.74) is 1.60. The first-order valence-corrected chi connectivity index (χ1v) is 9.24. The molecule has 2 amide bonds. The molecule has 0 saturated heterocycles. The molecule has 0 fully saturated rings. The first-order chi connectivity index (χ1) is 12.2. The molecule has 0 spiro atoms. The molecule has 0 bridgehead atoms. The summed E-state index contributed by atoms with van der Waals surface area (Å²) in [7, 11) is -3.88. The molecule has 0 aromatic heterocycles. The highest BCUT2D eigenvalue weighted by molar-refractivity contribution is 7.89. The van der Waals surface area contributed by atoms with Crippen molar-refractivity contribution in [1.82, 2.24) is 0 Å². The number of nitrogens with one attached hydrogen (secondary N) is 2. The minimum absolute atomic E-state index is 0.0516. The molecule has 0 aliphatic carbocycles. The van der Waals surface area contributed by atoms with Gasteiger partial charge in [-0.3, -0.25) is 10.1 Å². The number of amides is 2. The Balaban J connectivity index is 2.12. The van der Waals surface area contributed by atoms with Gasteiger partial charge in [-0.05, 0) is 55.8 Å². The van der Waals surface area contributed by atoms with Gasteiger partial charge in [0, 0.05) is 16.9 Å². The van der Waals surface area contributed by atoms with E-state index in [1.54, 1.807) is 38.1 Å². The number of primary sulfonamides is 1. The Bertz CT molecular complexity index is 924. The Labute approximate surface area is 151 Å². The van der Waals surface area contributed by atoms with Gasteiger partial charge in [-0.1, -0.05) is 6.07 Å². The van der Waals surface area contributed by atoms with Crippen molar-refractivity contribution in [1.29, 1.82) is 0 Å². The lowest BCUT2D eigenvalue weighted by Gasteiger charge is -2.10. The largest absolute Gasteiger partial charge is 0.450 e. The lowest BCUT2D eigenvalue weighted by molar-refractivity contribution is 0.102. The fourth-order valence-electron chi connectivity index (χ4n) is 2.18. The number of nitrogens with two attached hydrogens (primary N) is 1. The van der Waals surface area contributed by atoms with E-state index in [9.17, 15) is 18.0 Å². The van der Waals surface area contributed by atoms with E-state index < -0.39 is 22.0 Å². The maximum atomic E-state index is 12.3. The van der Waals surface area contributed by atoms with Crippen LogP contribution >= 0.6 is 0 Å². The van der Waals surface area contributed by atoms with E-state index >= 15 is 0 Å². The highest BCUT2D eigenvalue weighted by Crippen LogP contribution is 2.20. The number of benzene rings is 2. The first kappa shape index (κ1) is 19.4. The van der Waals surface area contributed by atoms with Gasteiger partial charge in [0.05, 0.1) is 11.5 Å². The lowest BCUT2D eigenvalue weighted by Crippen LogP contribution is -2.16. The van der Waals surface area contributed by atoms with Crippen molar-refractivity contribution in [2.75, 3.05) is 17.2 Å². The number of carbonyl (C=O) groups excluding carboxylic acids is 2. The SMILES string of the molecule is CCOC(=O)Nc1ccc(C(=O)Nc2ccc(C)c(S(N)(=O)=O)c2)cc1. The summed E-state index contributed by atoms with van der Waals surface area (Å²) in [6.45, 7) is 3.56. The van der Waals surface area contributed by atoms with Crippen LogP contribution in [-0.4, -0.2) is 27.0 Å². The number of ether oxygens (including phenoxy) is 1. The average Bonchev–Trinajstić information content (AvgIpc) is 2.56. The fraction of sp³-hybridized carbons (Fsp3) is 0.176. The maximum Gasteiger partial charge on any atom is 0.411 e. The molecule has 2 aromatic rings. The summed E-state index contributed by atoms with van der Waals surface area (Å²) in [6, 6.07) is 10.6. The summed E-state index contributed by atoms with van der Waals surface area (Å²) in [4.78, 5) is 23.6. The Hall–Kier alpha value is -2.91. The average molecular weight is 377 g/mol. The predicted molar refractivity (Wildman–Crippen MR) is 97.6 cm³/mol. The summed E-state index contributed by atoms with van der Waals surface area (Å²) in [6.07, 6.45) is -0.583. The van der Waals surface area contributed by atoms with E-state index in [1.807, 2.05) is 0 Å². The summed E-state index contributed by atoms with van der Waals surface area (Å²) < 4.78 is 27.9. The number of carbonyl (C=O) groups is 2. The highest BCUT2D eigenvalue weighted by atomic mass is 32.2. The van der Waals surface area contributed by atoms with Gasteiger partial charge in [-0.15, -0.1) is 0 Å². The van der Waals surface area contributed by atoms with Gasteiger partial charge in [0.25, 0.3) is 5.91 Å². The Morgan fingerprint density at radius 2 is 1.65 bits per heavy atom. The number of sulfonamides is 1. The van der Waals surface area contributed by atoms with Crippen LogP contribution in [0.1, 0.15) is 22.8 Å². The second-order valence-corrected chi connectivity index (χ2v) is 6.93. The van der Waals surface area contributed by atoms with Gasteiger partial charge in [0.2, 0.25) is 10.0 Å². The third-order valence-corrected chi connectivity index (χ3v) is 4.47. The van der Waals surface area contributed by atoms with Crippen LogP contribution in [0.2, 0.25) is 0 Å². The standard InChI is InChI=1S/C17H19N3O5S/c1-3-25-17(22)20-13-8-5-12(6-9-13)16(21)19-14-7-4-11(2)15(10-14)26(18,23)24/h4-10H,3H2,1-2H3,(H,19,21)(H,20,22)(H2,18,23,24). The van der Waals surface area contributed by atoms with Crippen LogP contribution in [-0.2, 0) is 14.8 Å². The molecule has 0 saturated carbocycles. The number of hydrogen-bond donors (Lipinski definition) is 3. The summed E-state index contributed by atoms with van der Waals surface area (Å²) >= 11 is 0. The van der Waals surface area contributed by atoms with E-state index in [4.69, 9.17) is 9.88 Å². The van der Waals surface area contributed by atoms with Crippen molar-refractivity contribution >= 4 is 33.4 Å². The number of hydrogen-bond acceptors (Lipinski definition) is 5. The van der Waals surface area contributed by atoms with Gasteiger partial charge < -0.3 is 10.1 Å². The van der Waals surface area contributed by atoms with Crippen LogP contribution in [0, 0.1) is 6.92 Å². The second kappa shape index (κ2) is 7.98. The maximum absolute atomic E-state index is 12.3. The van der Waals surface area contributed by atoms with Gasteiger partial charge >= 0.3 is 6.09 Å². The molecule has 0 aliphatic rings. The van der Waals surface area contributed by atoms with Crippen LogP contribution in [0.5, 0.6) is 0 Å². The molecule has 2 rings (SSSR count). The predicted octanol–water partition coefficient (Wildman–Crippen LogP) is 2.46. The molecular weight excluding hydrogens is 358 g/mol. The molecule has 4 N–H and O–H groups in total. The Morgan fingerprint density at radius 1 is 1.04 bits per heavy atom. The summed E-state index contributed by atoms with van der Waals surface area (Å²) in [5, 5.41) is 10.3. The molecule has 138 valence electrons. The molecule has 9 heteroatoms. The van der Waals surface area contributed by atoms with Crippen molar-refractivity contribution in [3.05, 3.63) is 53.6 Å². The van der Waals surface area contributed by atoms with Crippen molar-refractivity contribution < 1.29 is 22.7 Å². The fourth-order valence-corrected chi connectivity index (χ4v) is 2.99. The van der Waals surface area contributed by atoms with E-state index in [-0.39, 0.29) is 11.5 Å². The minimum atomic E-state index is -3.88. The zero-order valence-corrected chi connectivity index (χ0v) is 15.1. The van der Waals surface area contributed by atoms with E-state index in [0.717, 1.165) is 0 Å². The van der Waals surface area contributed by atoms with Crippen molar-refractivity contribution in [2.24, 2.45) is 5.14 Å². The smallest absolute Gasteiger partial charge is 0.411 e. The molecule has 8 nitrogen and oxygen atoms in total. The van der Waals surface area contributed by atoms with Crippen molar-refractivity contribution in [2.45, 2.75) is 18.7 Å². The first-order valence-electron chi connectivity index (χ1n) is 7.69. The zero-order valence-electron chi connectivity index (χ0n) is 14.3. The van der Waals surface area contributed by atoms with E-state index in [0.29, 0.717) is 22.5 Å². The molecular formula is C17H19N3O5S. The van der Waals surface area contributed by atoms with Crippen LogP contribution in [0.25, 0.3) is 0 Å². The van der Waals surface area contributed by atoms with Gasteiger partial charge in [-0.25, -0.2) is 18.4 Å². The quantitative estimate of drug-likeness (QED) is 0.737. The van der Waals surface area contributed by atoms with Crippen LogP contribution in [0.4, 0.5) is 16.2 Å². The molecule has 0 unspecified atom stereocenters. The van der Waals surface area contributed by atoms with Crippen molar-refractivity contribution in [3.8, 4) is 0 Å². The molecule has 26 heavy (non-hydrogen) atoms. The number of anilines is 2. The molecule has 0 radical (unpaired) electrons. The van der Waals surface area contributed by atoms with Crippen molar-refractivity contribution in [3.63, 3.8) is 0 Å². The lowest BCUT2D eigenvalue weighted by atomic mass is 10.1. The van der Waals surface area contributed by atoms with Crippen LogP contribution in [0.15, 0.2) is 47.4 Å². The Kier molecular flexibility index (Phi) is 5.96. The van der Waals surface area contributed by atoms with Gasteiger partial charge in [0.15, 0.2) is 0 Å². The second-order valence-electron chi connectivity index (χ2n) is 5.40. The normalized spacial score (nSPS) is 10.9. The number of rotatable bonds is 5. The van der Waals surface area contributed by atoms with Crippen LogP contribution in [0.3, 0.4) is 0 Å². The van der Waals surface area contributed by atoms with E-state index in [1.165, 1.54) is 18.2 Å². The van der Waals surface area contributed by atoms with Crippen LogP contribution < -0.4 is 15.8 Å². The monoisotopic (exact) mass is 377 g/mol. The Morgan fingerprint density at radius 3 is 2.23 bits per heavy atom. The third-order valence-electron chi connectivity index (χ3n) is 3.42. The molecule has 0 heterocycles. The minimum Gasteiger partial charge on any atom is -0.450 e. The topological polar surface area (TPSA) is 128 Å². The van der Waals surface area contributed by atoms with E-state index in [2.05, 4.69) is 10.6 Å². The molecule has 0 atom stereocenters. The number of aryl methyl sites for hydroxylation is 1.